The molecule has 22 heavy (non-hydrogen) atoms. The lowest BCUT2D eigenvalue weighted by Crippen LogP contribution is -2.19. The van der Waals surface area contributed by atoms with Crippen molar-refractivity contribution in [1.29, 1.82) is 0 Å². The first-order valence-electron chi connectivity index (χ1n) is 9.74. The summed E-state index contributed by atoms with van der Waals surface area (Å²) in [6.07, 6.45) is 17.7. The Morgan fingerprint density at radius 3 is 2.27 bits per heavy atom. The zero-order valence-electron chi connectivity index (χ0n) is 16.5. The number of hydrogen-bond acceptors (Lipinski definition) is 0. The minimum atomic E-state index is 0.334. The Labute approximate surface area is 141 Å². The summed E-state index contributed by atoms with van der Waals surface area (Å²) in [5.41, 5.74) is 2.00. The van der Waals surface area contributed by atoms with Crippen molar-refractivity contribution in [2.75, 3.05) is 0 Å². The highest BCUT2D eigenvalue weighted by molar-refractivity contribution is 5.03. The number of hydrogen-bond donors (Lipinski definition) is 0. The Kier molecular flexibility index (Phi) is 11.7. The molecule has 1 unspecified atom stereocenters. The largest absolute Gasteiger partial charge is 0.0880 e. The van der Waals surface area contributed by atoms with Crippen molar-refractivity contribution in [2.24, 2.45) is 17.3 Å². The van der Waals surface area contributed by atoms with Crippen LogP contribution in [-0.2, 0) is 0 Å². The Morgan fingerprint density at radius 2 is 1.73 bits per heavy atom. The van der Waals surface area contributed by atoms with Gasteiger partial charge in [-0.2, -0.15) is 0 Å². The molecule has 0 N–H and O–H groups in total. The Bertz CT molecular complexity index is 319. The van der Waals surface area contributed by atoms with Gasteiger partial charge in [-0.25, -0.2) is 0 Å². The summed E-state index contributed by atoms with van der Waals surface area (Å²) >= 11 is 0. The average Bonchev–Trinajstić information content (AvgIpc) is 2.50. The average molecular weight is 307 g/mol. The second-order valence-corrected chi connectivity index (χ2v) is 7.72. The van der Waals surface area contributed by atoms with Crippen molar-refractivity contribution >= 4 is 0 Å². The van der Waals surface area contributed by atoms with Crippen LogP contribution in [0.25, 0.3) is 0 Å². The molecule has 2 atom stereocenters. The van der Waals surface area contributed by atoms with Crippen LogP contribution in [0.4, 0.5) is 0 Å². The molecular formula is C22H42. The van der Waals surface area contributed by atoms with E-state index in [2.05, 4.69) is 66.7 Å². The highest BCUT2D eigenvalue weighted by Gasteiger charge is 2.22. The maximum atomic E-state index is 2.51. The van der Waals surface area contributed by atoms with Gasteiger partial charge < -0.3 is 0 Å². The van der Waals surface area contributed by atoms with Crippen LogP contribution < -0.4 is 0 Å². The van der Waals surface area contributed by atoms with Crippen molar-refractivity contribution in [3.63, 3.8) is 0 Å². The molecule has 0 fully saturated rings. The molecule has 0 nitrogen and oxygen atoms in total. The van der Waals surface area contributed by atoms with Crippen molar-refractivity contribution in [3.8, 4) is 0 Å². The van der Waals surface area contributed by atoms with Crippen LogP contribution in [0.3, 0.4) is 0 Å². The molecule has 0 heterocycles. The van der Waals surface area contributed by atoms with Crippen molar-refractivity contribution < 1.29 is 0 Å². The molecule has 0 aromatic heterocycles. The normalized spacial score (nSPS) is 16.2. The summed E-state index contributed by atoms with van der Waals surface area (Å²) in [5.74, 6) is 1.50. The summed E-state index contributed by atoms with van der Waals surface area (Å²) in [7, 11) is 0. The maximum absolute atomic E-state index is 2.51. The fourth-order valence-corrected chi connectivity index (χ4v) is 2.78. The van der Waals surface area contributed by atoms with Crippen LogP contribution in [-0.4, -0.2) is 0 Å². The second-order valence-electron chi connectivity index (χ2n) is 7.72. The van der Waals surface area contributed by atoms with E-state index < -0.39 is 0 Å². The topological polar surface area (TPSA) is 0 Å². The minimum Gasteiger partial charge on any atom is -0.0880 e. The predicted octanol–water partition coefficient (Wildman–Crippen LogP) is 7.95. The van der Waals surface area contributed by atoms with Crippen LogP contribution in [0.5, 0.6) is 0 Å². The van der Waals surface area contributed by atoms with Gasteiger partial charge in [0.25, 0.3) is 0 Å². The standard InChI is InChI=1S/C22H42/c1-8-11-12-13-17-22(6,7)20(5)15-14-16-21(10-3)18-19(4)9-2/h13,17-20H,8-12,14-16H2,1-7H3/b17-13?,21-18+/t19?,20-/m0/s1. The van der Waals surface area contributed by atoms with Gasteiger partial charge in [0.05, 0.1) is 0 Å². The molecule has 0 aliphatic heterocycles. The van der Waals surface area contributed by atoms with E-state index in [4.69, 9.17) is 0 Å². The lowest BCUT2D eigenvalue weighted by Gasteiger charge is -2.29. The molecule has 0 amide bonds. The highest BCUT2D eigenvalue weighted by atomic mass is 14.3. The first-order chi connectivity index (χ1) is 10.4. The van der Waals surface area contributed by atoms with Crippen LogP contribution in [0.1, 0.15) is 99.8 Å². The molecule has 0 radical (unpaired) electrons. The van der Waals surface area contributed by atoms with Crippen LogP contribution in [0.2, 0.25) is 0 Å². The van der Waals surface area contributed by atoms with E-state index in [1.165, 1.54) is 51.4 Å². The SMILES string of the molecule is CCCCC=CC(C)(C)[C@@H](C)CCC/C(=C/C(C)CC)CC. The van der Waals surface area contributed by atoms with Crippen molar-refractivity contribution in [3.05, 3.63) is 23.8 Å². The van der Waals surface area contributed by atoms with Gasteiger partial charge >= 0.3 is 0 Å². The van der Waals surface area contributed by atoms with Gasteiger partial charge in [0, 0.05) is 0 Å². The molecule has 0 heteroatoms. The Balaban J connectivity index is 4.27. The molecule has 0 aromatic rings. The smallest absolute Gasteiger partial charge is 0.0149 e. The van der Waals surface area contributed by atoms with E-state index in [0.717, 1.165) is 11.8 Å². The van der Waals surface area contributed by atoms with E-state index in [1.54, 1.807) is 5.57 Å². The van der Waals surface area contributed by atoms with Crippen molar-refractivity contribution in [1.82, 2.24) is 0 Å². The summed E-state index contributed by atoms with van der Waals surface area (Å²) in [4.78, 5) is 0. The van der Waals surface area contributed by atoms with Crippen molar-refractivity contribution in [2.45, 2.75) is 99.8 Å². The molecule has 0 spiro atoms. The summed E-state index contributed by atoms with van der Waals surface area (Å²) < 4.78 is 0. The predicted molar refractivity (Wildman–Crippen MR) is 103 cm³/mol. The number of allylic oxidation sites excluding steroid dienone is 4. The molecule has 0 rings (SSSR count). The number of rotatable bonds is 12. The first kappa shape index (κ1) is 21.5. The molecule has 0 aliphatic rings. The molecule has 0 saturated carbocycles. The quantitative estimate of drug-likeness (QED) is 0.253. The third-order valence-electron chi connectivity index (χ3n) is 5.30. The molecule has 0 saturated heterocycles. The van der Waals surface area contributed by atoms with Gasteiger partial charge in [0.2, 0.25) is 0 Å². The lowest BCUT2D eigenvalue weighted by atomic mass is 9.76. The lowest BCUT2D eigenvalue weighted by molar-refractivity contribution is 0.283. The molecule has 0 bridgehead atoms. The zero-order chi connectivity index (χ0) is 17.0. The summed E-state index contributed by atoms with van der Waals surface area (Å²) in [5, 5.41) is 0. The highest BCUT2D eigenvalue weighted by Crippen LogP contribution is 2.33. The van der Waals surface area contributed by atoms with E-state index in [1.807, 2.05) is 0 Å². The minimum absolute atomic E-state index is 0.334. The van der Waals surface area contributed by atoms with E-state index in [9.17, 15) is 0 Å². The third kappa shape index (κ3) is 9.49. The first-order valence-corrected chi connectivity index (χ1v) is 9.74. The van der Waals surface area contributed by atoms with Gasteiger partial charge in [0.1, 0.15) is 0 Å². The van der Waals surface area contributed by atoms with Gasteiger partial charge in [-0.1, -0.05) is 91.5 Å². The number of unbranched alkanes of at least 4 members (excludes halogenated alkanes) is 2. The second kappa shape index (κ2) is 12.0. The Hall–Kier alpha value is -0.520. The van der Waals surface area contributed by atoms with Gasteiger partial charge in [-0.05, 0) is 49.4 Å². The third-order valence-corrected chi connectivity index (χ3v) is 5.30. The zero-order valence-corrected chi connectivity index (χ0v) is 16.5. The Morgan fingerprint density at radius 1 is 1.05 bits per heavy atom. The van der Waals surface area contributed by atoms with Gasteiger partial charge in [0.15, 0.2) is 0 Å². The van der Waals surface area contributed by atoms with Gasteiger partial charge in [-0.15, -0.1) is 0 Å². The van der Waals surface area contributed by atoms with Crippen LogP contribution in [0.15, 0.2) is 23.8 Å². The van der Waals surface area contributed by atoms with E-state index in [-0.39, 0.29) is 0 Å². The summed E-state index contributed by atoms with van der Waals surface area (Å²) in [6.45, 7) is 16.4. The molecular weight excluding hydrogens is 264 g/mol. The maximum Gasteiger partial charge on any atom is -0.0149 e. The molecule has 130 valence electrons. The van der Waals surface area contributed by atoms with E-state index in [0.29, 0.717) is 5.41 Å². The van der Waals surface area contributed by atoms with Crippen LogP contribution in [0, 0.1) is 17.3 Å². The monoisotopic (exact) mass is 306 g/mol. The van der Waals surface area contributed by atoms with E-state index >= 15 is 0 Å². The molecule has 0 aromatic carbocycles. The summed E-state index contributed by atoms with van der Waals surface area (Å²) in [6, 6.07) is 0. The fraction of sp³-hybridized carbons (Fsp3) is 0.818. The van der Waals surface area contributed by atoms with Crippen LogP contribution >= 0.6 is 0 Å². The fourth-order valence-electron chi connectivity index (χ4n) is 2.78. The molecule has 0 aliphatic carbocycles. The van der Waals surface area contributed by atoms with Gasteiger partial charge in [-0.3, -0.25) is 0 Å².